The van der Waals surface area contributed by atoms with Crippen LogP contribution in [0.4, 0.5) is 10.2 Å². The third kappa shape index (κ3) is 3.17. The lowest BCUT2D eigenvalue weighted by Gasteiger charge is -2.34. The fraction of sp³-hybridized carbons (Fsp3) is 0.632. The monoisotopic (exact) mass is 388 g/mol. The van der Waals surface area contributed by atoms with Crippen LogP contribution in [-0.4, -0.2) is 69.6 Å². The first-order chi connectivity index (χ1) is 13.6. The van der Waals surface area contributed by atoms with Crippen molar-refractivity contribution in [2.24, 2.45) is 0 Å². The molecule has 0 aliphatic carbocycles. The molecule has 2 unspecified atom stereocenters. The molecule has 150 valence electrons. The Kier molecular flexibility index (Phi) is 4.53. The maximum atomic E-state index is 14.8. The van der Waals surface area contributed by atoms with E-state index in [4.69, 9.17) is 4.74 Å². The molecule has 0 saturated carbocycles. The summed E-state index contributed by atoms with van der Waals surface area (Å²) in [4.78, 5) is 15.4. The van der Waals surface area contributed by atoms with E-state index in [2.05, 4.69) is 25.2 Å². The summed E-state index contributed by atoms with van der Waals surface area (Å²) < 4.78 is 20.6. The van der Waals surface area contributed by atoms with Gasteiger partial charge in [0.2, 0.25) is 0 Å². The Labute approximate surface area is 162 Å². The number of anilines is 1. The van der Waals surface area contributed by atoms with Crippen LogP contribution in [0.5, 0.6) is 6.01 Å². The molecule has 0 radical (unpaired) electrons. The lowest BCUT2D eigenvalue weighted by molar-refractivity contribution is -0.111. The van der Waals surface area contributed by atoms with Crippen molar-refractivity contribution < 1.29 is 14.3 Å². The van der Waals surface area contributed by atoms with Gasteiger partial charge in [0, 0.05) is 37.9 Å². The summed E-state index contributed by atoms with van der Waals surface area (Å²) in [5.74, 6) is 0.242. The molecular formula is C19H25FN6O2. The molecule has 8 nitrogen and oxygen atoms in total. The first kappa shape index (κ1) is 18.0. The van der Waals surface area contributed by atoms with Crippen LogP contribution in [-0.2, 0) is 0 Å². The molecule has 0 amide bonds. The maximum Gasteiger partial charge on any atom is 0.319 e. The minimum Gasteiger partial charge on any atom is -0.462 e. The van der Waals surface area contributed by atoms with E-state index in [1.165, 1.54) is 5.06 Å². The maximum absolute atomic E-state index is 14.8. The second-order valence-corrected chi connectivity index (χ2v) is 8.06. The number of hydrogen-bond acceptors (Lipinski definition) is 8. The number of piperazine rings is 1. The number of rotatable bonds is 4. The number of hydrogen-bond donors (Lipinski definition) is 2. The number of fused-ring (bicyclic) bond motifs is 3. The standard InChI is InChI=1S/C19H25FN6O2/c1-11-16(20)17-15(7-21-11)18(25-8-12-4-5-13(9-25)22-12)24-19(23-17)28-10-14-3-2-6-26(14)27/h7,12-14,22,27H,2-6,8-10H2,1H3/t12?,13?,14-/m0/s1. The zero-order valence-electron chi connectivity index (χ0n) is 15.9. The molecule has 2 bridgehead atoms. The molecule has 2 aromatic rings. The van der Waals surface area contributed by atoms with Crippen LogP contribution in [0.3, 0.4) is 0 Å². The number of ether oxygens (including phenoxy) is 1. The van der Waals surface area contributed by atoms with E-state index in [0.29, 0.717) is 35.5 Å². The second kappa shape index (κ2) is 7.06. The highest BCUT2D eigenvalue weighted by molar-refractivity contribution is 5.90. The molecule has 9 heteroatoms. The Balaban J connectivity index is 1.50. The zero-order valence-corrected chi connectivity index (χ0v) is 15.9. The van der Waals surface area contributed by atoms with E-state index in [9.17, 15) is 9.60 Å². The van der Waals surface area contributed by atoms with Crippen LogP contribution in [0, 0.1) is 12.7 Å². The van der Waals surface area contributed by atoms with Gasteiger partial charge in [0.05, 0.1) is 17.1 Å². The average molecular weight is 388 g/mol. The summed E-state index contributed by atoms with van der Waals surface area (Å²) in [5.41, 5.74) is 0.548. The van der Waals surface area contributed by atoms with Crippen molar-refractivity contribution in [1.82, 2.24) is 25.3 Å². The van der Waals surface area contributed by atoms with Crippen molar-refractivity contribution in [3.8, 4) is 6.01 Å². The Hall–Kier alpha value is -2.10. The lowest BCUT2D eigenvalue weighted by Crippen LogP contribution is -2.51. The quantitative estimate of drug-likeness (QED) is 0.818. The number of nitrogens with zero attached hydrogens (tertiary/aromatic N) is 5. The summed E-state index contributed by atoms with van der Waals surface area (Å²) in [6.07, 6.45) is 5.73. The van der Waals surface area contributed by atoms with Crippen LogP contribution < -0.4 is 15.0 Å². The van der Waals surface area contributed by atoms with Crippen LogP contribution in [0.25, 0.3) is 10.9 Å². The molecule has 0 spiro atoms. The van der Waals surface area contributed by atoms with Crippen molar-refractivity contribution in [2.45, 2.75) is 50.7 Å². The average Bonchev–Trinajstić information content (AvgIpc) is 3.26. The van der Waals surface area contributed by atoms with E-state index < -0.39 is 5.82 Å². The summed E-state index contributed by atoms with van der Waals surface area (Å²) in [6.45, 7) is 4.19. The summed E-state index contributed by atoms with van der Waals surface area (Å²) in [7, 11) is 0. The smallest absolute Gasteiger partial charge is 0.319 e. The Morgan fingerprint density at radius 1 is 1.25 bits per heavy atom. The molecule has 3 aliphatic heterocycles. The highest BCUT2D eigenvalue weighted by Crippen LogP contribution is 2.32. The van der Waals surface area contributed by atoms with Gasteiger partial charge < -0.3 is 20.2 Å². The van der Waals surface area contributed by atoms with Crippen molar-refractivity contribution in [2.75, 3.05) is 31.1 Å². The second-order valence-electron chi connectivity index (χ2n) is 8.06. The van der Waals surface area contributed by atoms with E-state index in [0.717, 1.165) is 38.8 Å². The first-order valence-electron chi connectivity index (χ1n) is 10.0. The van der Waals surface area contributed by atoms with Gasteiger partial charge in [-0.2, -0.15) is 15.0 Å². The minimum absolute atomic E-state index is 0.0817. The Morgan fingerprint density at radius 3 is 2.75 bits per heavy atom. The molecule has 5 rings (SSSR count). The van der Waals surface area contributed by atoms with Gasteiger partial charge in [-0.1, -0.05) is 0 Å². The van der Waals surface area contributed by atoms with Crippen LogP contribution in [0.15, 0.2) is 6.20 Å². The van der Waals surface area contributed by atoms with Gasteiger partial charge in [0.15, 0.2) is 5.82 Å². The number of halogens is 1. The molecule has 3 aliphatic rings. The third-order valence-corrected chi connectivity index (χ3v) is 6.08. The molecule has 3 atom stereocenters. The predicted molar refractivity (Wildman–Crippen MR) is 101 cm³/mol. The van der Waals surface area contributed by atoms with Gasteiger partial charge >= 0.3 is 6.01 Å². The highest BCUT2D eigenvalue weighted by Gasteiger charge is 2.34. The Morgan fingerprint density at radius 2 is 2.04 bits per heavy atom. The lowest BCUT2D eigenvalue weighted by atomic mass is 10.2. The largest absolute Gasteiger partial charge is 0.462 e. The molecule has 2 N–H and O–H groups in total. The predicted octanol–water partition coefficient (Wildman–Crippen LogP) is 1.65. The van der Waals surface area contributed by atoms with Crippen LogP contribution >= 0.6 is 0 Å². The van der Waals surface area contributed by atoms with E-state index in [-0.39, 0.29) is 24.2 Å². The molecule has 0 aromatic carbocycles. The molecule has 3 saturated heterocycles. The minimum atomic E-state index is -0.436. The summed E-state index contributed by atoms with van der Waals surface area (Å²) in [6, 6.07) is 0.927. The number of aryl methyl sites for hydroxylation is 1. The van der Waals surface area contributed by atoms with Crippen molar-refractivity contribution in [3.05, 3.63) is 17.7 Å². The molecule has 5 heterocycles. The molecule has 28 heavy (non-hydrogen) atoms. The number of nitrogens with one attached hydrogen (secondary N) is 1. The van der Waals surface area contributed by atoms with Gasteiger partial charge in [-0.05, 0) is 32.6 Å². The highest BCUT2D eigenvalue weighted by atomic mass is 19.1. The van der Waals surface area contributed by atoms with E-state index in [1.54, 1.807) is 13.1 Å². The Bertz CT molecular complexity index is 884. The van der Waals surface area contributed by atoms with Gasteiger partial charge in [-0.3, -0.25) is 4.98 Å². The van der Waals surface area contributed by atoms with Crippen molar-refractivity contribution in [1.29, 1.82) is 0 Å². The fourth-order valence-electron chi connectivity index (χ4n) is 4.55. The number of aromatic nitrogens is 3. The fourth-order valence-corrected chi connectivity index (χ4v) is 4.55. The van der Waals surface area contributed by atoms with Gasteiger partial charge in [0.25, 0.3) is 0 Å². The SMILES string of the molecule is Cc1ncc2c(N3CC4CCC(C3)N4)nc(OC[C@@H]3CCCN3O)nc2c1F. The summed E-state index contributed by atoms with van der Waals surface area (Å²) >= 11 is 0. The third-order valence-electron chi connectivity index (χ3n) is 6.08. The molecular weight excluding hydrogens is 363 g/mol. The zero-order chi connectivity index (χ0) is 19.3. The number of hydroxylamine groups is 2. The van der Waals surface area contributed by atoms with Gasteiger partial charge in [-0.25, -0.2) is 4.39 Å². The summed E-state index contributed by atoms with van der Waals surface area (Å²) in [5, 5.41) is 15.4. The van der Waals surface area contributed by atoms with Crippen molar-refractivity contribution in [3.63, 3.8) is 0 Å². The molecule has 3 fully saturated rings. The van der Waals surface area contributed by atoms with E-state index >= 15 is 0 Å². The van der Waals surface area contributed by atoms with Crippen LogP contribution in [0.1, 0.15) is 31.4 Å². The number of pyridine rings is 1. The normalized spacial score (nSPS) is 27.7. The van der Waals surface area contributed by atoms with Gasteiger partial charge in [0.1, 0.15) is 17.9 Å². The van der Waals surface area contributed by atoms with Crippen molar-refractivity contribution >= 4 is 16.7 Å². The topological polar surface area (TPSA) is 86.6 Å². The first-order valence-corrected chi connectivity index (χ1v) is 10.0. The van der Waals surface area contributed by atoms with E-state index in [1.807, 2.05) is 0 Å². The molecule has 2 aromatic heterocycles. The van der Waals surface area contributed by atoms with Crippen LogP contribution in [0.2, 0.25) is 0 Å². The van der Waals surface area contributed by atoms with Gasteiger partial charge in [-0.15, -0.1) is 0 Å².